The lowest BCUT2D eigenvalue weighted by atomic mass is 9.90. The summed E-state index contributed by atoms with van der Waals surface area (Å²) in [5.41, 5.74) is -2.26. The van der Waals surface area contributed by atoms with Gasteiger partial charge in [-0.15, -0.1) is 0 Å². The van der Waals surface area contributed by atoms with Crippen molar-refractivity contribution < 1.29 is 90.3 Å². The molecule has 0 aliphatic rings. The Labute approximate surface area is 384 Å². The van der Waals surface area contributed by atoms with E-state index in [1.807, 2.05) is 0 Å². The Balaban J connectivity index is 6.98. The summed E-state index contributed by atoms with van der Waals surface area (Å²) in [6.45, 7) is 26.1. The van der Waals surface area contributed by atoms with Crippen molar-refractivity contribution in [3.63, 3.8) is 0 Å². The van der Waals surface area contributed by atoms with Crippen LogP contribution in [0.5, 0.6) is 0 Å². The molecule has 0 radical (unpaired) electrons. The molecule has 0 amide bonds. The van der Waals surface area contributed by atoms with Crippen LogP contribution in [0.1, 0.15) is 68.2 Å². The molecule has 19 heteroatoms. The van der Waals surface area contributed by atoms with Crippen LogP contribution in [-0.4, -0.2) is 165 Å². The summed E-state index contributed by atoms with van der Waals surface area (Å²) < 4.78 is 75.3. The molecule has 0 aliphatic carbocycles. The van der Waals surface area contributed by atoms with Gasteiger partial charge in [-0.2, -0.15) is 0 Å². The van der Waals surface area contributed by atoms with E-state index in [4.69, 9.17) is 61.6 Å². The van der Waals surface area contributed by atoms with E-state index in [-0.39, 0.29) is 105 Å². The fourth-order valence-corrected chi connectivity index (χ4v) is 5.44. The van der Waals surface area contributed by atoms with Gasteiger partial charge in [0.15, 0.2) is 0 Å². The molecule has 0 spiro atoms. The fourth-order valence-electron chi connectivity index (χ4n) is 5.44. The molecule has 0 saturated carbocycles. The van der Waals surface area contributed by atoms with Crippen molar-refractivity contribution in [2.24, 2.45) is 10.8 Å². The van der Waals surface area contributed by atoms with Gasteiger partial charge in [0, 0.05) is 37.1 Å². The summed E-state index contributed by atoms with van der Waals surface area (Å²) in [5, 5.41) is 0. The van der Waals surface area contributed by atoms with Crippen LogP contribution >= 0.6 is 0 Å². The molecule has 0 aromatic carbocycles. The normalized spacial score (nSPS) is 15.8. The maximum atomic E-state index is 12.0. The molecule has 0 heterocycles. The fraction of sp³-hybridized carbons (Fsp3) is 0.696. The van der Waals surface area contributed by atoms with Gasteiger partial charge in [-0.25, -0.2) is 19.2 Å². The molecule has 0 bridgehead atoms. The summed E-state index contributed by atoms with van der Waals surface area (Å²) in [5.74, 6) is -3.36. The van der Waals surface area contributed by atoms with E-state index in [1.165, 1.54) is 0 Å². The largest absolute Gasteiger partial charge is 0.460 e. The first-order valence-electron chi connectivity index (χ1n) is 21.6. The maximum Gasteiger partial charge on any atom is 0.330 e. The van der Waals surface area contributed by atoms with Crippen LogP contribution in [0.15, 0.2) is 50.6 Å². The van der Waals surface area contributed by atoms with Crippen molar-refractivity contribution >= 4 is 35.8 Å². The highest BCUT2D eigenvalue weighted by Crippen LogP contribution is 2.27. The van der Waals surface area contributed by atoms with Gasteiger partial charge >= 0.3 is 35.8 Å². The average molecular weight is 931 g/mol. The highest BCUT2D eigenvalue weighted by atomic mass is 16.6. The Bertz CT molecular complexity index is 1350. The van der Waals surface area contributed by atoms with Gasteiger partial charge in [-0.3, -0.25) is 9.59 Å². The highest BCUT2D eigenvalue weighted by molar-refractivity contribution is 5.82. The van der Waals surface area contributed by atoms with Crippen molar-refractivity contribution in [2.45, 2.75) is 105 Å². The molecular weight excluding hydrogens is 856 g/mol. The van der Waals surface area contributed by atoms with E-state index >= 15 is 0 Å². The minimum atomic E-state index is -1.14. The third-order valence-corrected chi connectivity index (χ3v) is 8.56. The number of hydrogen-bond acceptors (Lipinski definition) is 19. The molecule has 65 heavy (non-hydrogen) atoms. The Morgan fingerprint density at radius 2 is 0.538 bits per heavy atom. The number of rotatable bonds is 40. The van der Waals surface area contributed by atoms with E-state index in [0.29, 0.717) is 0 Å². The monoisotopic (exact) mass is 930 g/mol. The van der Waals surface area contributed by atoms with Crippen LogP contribution in [0.25, 0.3) is 0 Å². The minimum Gasteiger partial charge on any atom is -0.460 e. The molecule has 0 aromatic rings. The number of hydrogen-bond donors (Lipinski definition) is 0. The maximum absolute atomic E-state index is 12.0. The first-order chi connectivity index (χ1) is 30.8. The molecule has 0 aromatic heterocycles. The highest BCUT2D eigenvalue weighted by Gasteiger charge is 2.38. The second kappa shape index (κ2) is 34.8. The van der Waals surface area contributed by atoms with Crippen LogP contribution in [0.4, 0.5) is 0 Å². The average Bonchev–Trinajstić information content (AvgIpc) is 3.25. The molecular formula is C46H74O19. The molecule has 6 unspecified atom stereocenters. The lowest BCUT2D eigenvalue weighted by Crippen LogP contribution is -2.47. The summed E-state index contributed by atoms with van der Waals surface area (Å²) >= 11 is 0. The molecule has 0 rings (SSSR count). The molecule has 0 N–H and O–H groups in total. The zero-order valence-electron chi connectivity index (χ0n) is 39.7. The standard InChI is InChI=1S/C46H74O19/c1-13-39(47)60-33(7)19-53-25-45(26-54-20-34(8)61-40(48)14-2,27-55-21-35(9)62-41(49)15-3)31-59-32-46(28-56-22-36(10)63-42(50)16-4,29-57-23-37(11)64-43(51)17-5)30-58-24-38(12)65-44(52)18-6/h13-16,33-38H,1-4,17-32H2,5-12H3. The second-order valence-corrected chi connectivity index (χ2v) is 15.7. The molecule has 0 saturated heterocycles. The third kappa shape index (κ3) is 29.6. The Morgan fingerprint density at radius 3 is 0.723 bits per heavy atom. The van der Waals surface area contributed by atoms with E-state index < -0.39 is 83.3 Å². The smallest absolute Gasteiger partial charge is 0.330 e. The zero-order chi connectivity index (χ0) is 49.3. The minimum absolute atomic E-state index is 0.00263. The molecule has 19 nitrogen and oxygen atoms in total. The van der Waals surface area contributed by atoms with Crippen molar-refractivity contribution in [2.75, 3.05) is 92.5 Å². The predicted octanol–water partition coefficient (Wildman–Crippen LogP) is 4.23. The SMILES string of the molecule is C=CC(=O)OC(C)COCC(COCC(C)OC(=O)C=C)(COCC(C)OC(=O)C=C)COCC(COCC(C)OC(=O)C=C)(COCC(C)OC(=O)CC)COCC(C)OC(=O)CC. The van der Waals surface area contributed by atoms with Crippen LogP contribution in [0.3, 0.4) is 0 Å². The lowest BCUT2D eigenvalue weighted by molar-refractivity contribution is -0.168. The van der Waals surface area contributed by atoms with Gasteiger partial charge in [0.1, 0.15) is 36.6 Å². The second-order valence-electron chi connectivity index (χ2n) is 15.7. The van der Waals surface area contributed by atoms with Crippen molar-refractivity contribution in [1.82, 2.24) is 0 Å². The first-order valence-corrected chi connectivity index (χ1v) is 21.6. The van der Waals surface area contributed by atoms with Gasteiger partial charge < -0.3 is 61.6 Å². The van der Waals surface area contributed by atoms with Crippen LogP contribution in [-0.2, 0) is 90.3 Å². The van der Waals surface area contributed by atoms with Crippen LogP contribution in [0.2, 0.25) is 0 Å². The summed E-state index contributed by atoms with van der Waals surface area (Å²) in [4.78, 5) is 71.7. The third-order valence-electron chi connectivity index (χ3n) is 8.56. The topological polar surface area (TPSA) is 222 Å². The van der Waals surface area contributed by atoms with E-state index in [2.05, 4.69) is 26.3 Å². The summed E-state index contributed by atoms with van der Waals surface area (Å²) in [7, 11) is 0. The van der Waals surface area contributed by atoms with Crippen molar-refractivity contribution in [1.29, 1.82) is 0 Å². The van der Waals surface area contributed by atoms with Crippen molar-refractivity contribution in [3.05, 3.63) is 50.6 Å². The van der Waals surface area contributed by atoms with Crippen LogP contribution < -0.4 is 0 Å². The Kier molecular flexibility index (Phi) is 32.4. The van der Waals surface area contributed by atoms with Gasteiger partial charge in [-0.05, 0) is 41.5 Å². The van der Waals surface area contributed by atoms with Gasteiger partial charge in [-0.1, -0.05) is 40.2 Å². The van der Waals surface area contributed by atoms with E-state index in [9.17, 15) is 28.8 Å². The number of carbonyl (C=O) groups excluding carboxylic acids is 6. The molecule has 6 atom stereocenters. The Hall–Kier alpha value is -4.50. The van der Waals surface area contributed by atoms with Gasteiger partial charge in [0.25, 0.3) is 0 Å². The molecule has 0 fully saturated rings. The lowest BCUT2D eigenvalue weighted by Gasteiger charge is -2.37. The predicted molar refractivity (Wildman–Crippen MR) is 235 cm³/mol. The number of ether oxygens (including phenoxy) is 13. The summed E-state index contributed by atoms with van der Waals surface area (Å²) in [6, 6.07) is 0. The van der Waals surface area contributed by atoms with E-state index in [1.54, 1.807) is 55.4 Å². The van der Waals surface area contributed by atoms with Crippen molar-refractivity contribution in [3.8, 4) is 0 Å². The zero-order valence-corrected chi connectivity index (χ0v) is 39.7. The molecule has 372 valence electrons. The first kappa shape index (κ1) is 60.5. The number of carbonyl (C=O) groups is 6. The van der Waals surface area contributed by atoms with E-state index in [0.717, 1.165) is 24.3 Å². The van der Waals surface area contributed by atoms with Gasteiger partial charge in [0.2, 0.25) is 0 Å². The van der Waals surface area contributed by atoms with Crippen LogP contribution in [0, 0.1) is 10.8 Å². The molecule has 0 aliphatic heterocycles. The summed E-state index contributed by atoms with van der Waals surface area (Å²) in [6.07, 6.45) is 0.569. The quantitative estimate of drug-likeness (QED) is 0.0476. The Morgan fingerprint density at radius 1 is 0.354 bits per heavy atom. The van der Waals surface area contributed by atoms with Gasteiger partial charge in [0.05, 0.1) is 103 Å². The number of esters is 6.